The first kappa shape index (κ1) is 29.0. The molecule has 2 aromatic rings. The first-order chi connectivity index (χ1) is 19.6. The Morgan fingerprint density at radius 1 is 1.24 bits per heavy atom. The molecule has 1 aliphatic carbocycles. The van der Waals surface area contributed by atoms with Crippen LogP contribution in [0.3, 0.4) is 0 Å². The number of allylic oxidation sites excluding steroid dienone is 1. The van der Waals surface area contributed by atoms with Crippen LogP contribution in [0, 0.1) is 0 Å². The van der Waals surface area contributed by atoms with Gasteiger partial charge in [-0.25, -0.2) is 14.8 Å². The van der Waals surface area contributed by atoms with Crippen molar-refractivity contribution in [1.29, 1.82) is 0 Å². The molecule has 41 heavy (non-hydrogen) atoms. The SMILES string of the molecule is Nc1cc(SC=CC2=C(C(=O)O)N3C(=O)[C@@H](NC(=O)C(=NOC4CCCC4)c4nc(N)sc4Cl)[C@H]3SC2)nc(N)n1. The van der Waals surface area contributed by atoms with Crippen LogP contribution in [0.15, 0.2) is 39.0 Å². The predicted octanol–water partition coefficient (Wildman–Crippen LogP) is 2.04. The van der Waals surface area contributed by atoms with Crippen LogP contribution in [0.25, 0.3) is 0 Å². The Hall–Kier alpha value is -3.54. The average Bonchev–Trinajstić information content (AvgIpc) is 3.55. The Morgan fingerprint density at radius 2 is 2.00 bits per heavy atom. The number of thiazole rings is 1. The molecule has 216 valence electrons. The van der Waals surface area contributed by atoms with Gasteiger partial charge in [0.1, 0.15) is 44.1 Å². The van der Waals surface area contributed by atoms with Gasteiger partial charge in [-0.15, -0.1) is 11.8 Å². The number of oxime groups is 1. The molecule has 5 rings (SSSR count). The standard InChI is InChI=1S/C23H24ClN9O5S3/c24-17-13(31-23(27)41-17)14(32-38-10-3-1-2-4-10)18(34)30-15-19(35)33-16(21(36)37)9(8-40-20(15)33)5-6-39-12-7-11(25)28-22(26)29-12/h5-7,10,15,20H,1-4,8H2,(H2,27,31)(H,30,34)(H,36,37)(H4,25,26,28,29)/t15-,20-/m1/s1. The molecule has 2 aromatic heterocycles. The van der Waals surface area contributed by atoms with Crippen molar-refractivity contribution in [3.8, 4) is 0 Å². The number of amides is 2. The third-order valence-electron chi connectivity index (χ3n) is 6.32. The maximum Gasteiger partial charge on any atom is 0.352 e. The molecule has 18 heteroatoms. The van der Waals surface area contributed by atoms with E-state index in [9.17, 15) is 19.5 Å². The quantitative estimate of drug-likeness (QED) is 0.0873. The first-order valence-corrected chi connectivity index (χ1v) is 15.4. The lowest BCUT2D eigenvalue weighted by molar-refractivity contribution is -0.150. The topological polar surface area (TPSA) is 225 Å². The monoisotopic (exact) mass is 637 g/mol. The van der Waals surface area contributed by atoms with Gasteiger partial charge < -0.3 is 32.5 Å². The Kier molecular flexibility index (Phi) is 8.58. The zero-order chi connectivity index (χ0) is 29.3. The van der Waals surface area contributed by atoms with Crippen molar-refractivity contribution in [3.05, 3.63) is 38.9 Å². The summed E-state index contributed by atoms with van der Waals surface area (Å²) < 4.78 is 0.151. The number of halogens is 1. The lowest BCUT2D eigenvalue weighted by Gasteiger charge is -2.49. The van der Waals surface area contributed by atoms with E-state index < -0.39 is 29.2 Å². The molecular weight excluding hydrogens is 614 g/mol. The molecule has 0 bridgehead atoms. The van der Waals surface area contributed by atoms with Crippen LogP contribution in [0.5, 0.6) is 0 Å². The minimum atomic E-state index is -1.27. The summed E-state index contributed by atoms with van der Waals surface area (Å²) in [6.45, 7) is 0. The van der Waals surface area contributed by atoms with E-state index in [1.807, 2.05) is 0 Å². The van der Waals surface area contributed by atoms with E-state index in [-0.39, 0.29) is 50.2 Å². The van der Waals surface area contributed by atoms with Gasteiger partial charge in [-0.05, 0) is 42.7 Å². The molecule has 0 aromatic carbocycles. The lowest BCUT2D eigenvalue weighted by Crippen LogP contribution is -2.71. The van der Waals surface area contributed by atoms with Crippen molar-refractivity contribution in [2.75, 3.05) is 23.0 Å². The van der Waals surface area contributed by atoms with Gasteiger partial charge in [-0.3, -0.25) is 14.5 Å². The zero-order valence-electron chi connectivity index (χ0n) is 21.2. The minimum Gasteiger partial charge on any atom is -0.477 e. The predicted molar refractivity (Wildman–Crippen MR) is 157 cm³/mol. The molecular formula is C23H24ClN9O5S3. The summed E-state index contributed by atoms with van der Waals surface area (Å²) >= 11 is 9.70. The van der Waals surface area contributed by atoms with Gasteiger partial charge in [0.05, 0.1) is 0 Å². The highest BCUT2D eigenvalue weighted by molar-refractivity contribution is 8.02. The Morgan fingerprint density at radius 3 is 2.66 bits per heavy atom. The highest BCUT2D eigenvalue weighted by Crippen LogP contribution is 2.41. The number of hydrogen-bond donors (Lipinski definition) is 5. The van der Waals surface area contributed by atoms with Crippen LogP contribution in [-0.4, -0.2) is 71.7 Å². The summed E-state index contributed by atoms with van der Waals surface area (Å²) in [6.07, 6.45) is 5.05. The number of anilines is 3. The Balaban J connectivity index is 1.32. The number of fused-ring (bicyclic) bond motifs is 1. The van der Waals surface area contributed by atoms with Crippen molar-refractivity contribution >= 4 is 86.9 Å². The van der Waals surface area contributed by atoms with Crippen LogP contribution in [0.1, 0.15) is 31.4 Å². The van der Waals surface area contributed by atoms with Gasteiger partial charge >= 0.3 is 5.97 Å². The maximum absolute atomic E-state index is 13.3. The highest BCUT2D eigenvalue weighted by atomic mass is 35.5. The van der Waals surface area contributed by atoms with Gasteiger partial charge in [0.15, 0.2) is 10.8 Å². The third-order valence-corrected chi connectivity index (χ3v) is 9.43. The van der Waals surface area contributed by atoms with Crippen LogP contribution in [0.4, 0.5) is 16.9 Å². The average molecular weight is 638 g/mol. The number of carbonyl (C=O) groups excluding carboxylic acids is 2. The summed E-state index contributed by atoms with van der Waals surface area (Å²) in [6, 6.07) is 0.527. The number of nitrogens with one attached hydrogen (secondary N) is 1. The zero-order valence-corrected chi connectivity index (χ0v) is 24.4. The Bertz CT molecular complexity index is 1470. The Labute approximate surface area is 250 Å². The van der Waals surface area contributed by atoms with Crippen molar-refractivity contribution in [2.24, 2.45) is 5.16 Å². The lowest BCUT2D eigenvalue weighted by atomic mass is 10.0. The molecule has 1 saturated heterocycles. The molecule has 0 spiro atoms. The van der Waals surface area contributed by atoms with Crippen LogP contribution < -0.4 is 22.5 Å². The van der Waals surface area contributed by atoms with E-state index in [4.69, 9.17) is 33.6 Å². The maximum atomic E-state index is 13.3. The fourth-order valence-electron chi connectivity index (χ4n) is 4.46. The number of thioether (sulfide) groups is 2. The van der Waals surface area contributed by atoms with Crippen molar-refractivity contribution < 1.29 is 24.3 Å². The van der Waals surface area contributed by atoms with Gasteiger partial charge in [0, 0.05) is 11.8 Å². The molecule has 3 aliphatic rings. The number of nitrogens with zero attached hydrogens (tertiary/aromatic N) is 5. The van der Waals surface area contributed by atoms with E-state index in [0.29, 0.717) is 10.6 Å². The molecule has 0 unspecified atom stereocenters. The number of rotatable bonds is 9. The number of hydrogen-bond acceptors (Lipinski definition) is 14. The van der Waals surface area contributed by atoms with Crippen molar-refractivity contribution in [3.63, 3.8) is 0 Å². The summed E-state index contributed by atoms with van der Waals surface area (Å²) in [7, 11) is 0. The van der Waals surface area contributed by atoms with E-state index in [1.165, 1.54) is 29.6 Å². The summed E-state index contributed by atoms with van der Waals surface area (Å²) in [5, 5.41) is 18.2. The number of nitrogens with two attached hydrogens (primary N) is 3. The number of carboxylic acids is 1. The van der Waals surface area contributed by atoms with E-state index in [2.05, 4.69) is 25.4 Å². The van der Waals surface area contributed by atoms with Gasteiger partial charge in [-0.1, -0.05) is 39.9 Å². The van der Waals surface area contributed by atoms with Crippen LogP contribution >= 0.6 is 46.5 Å². The minimum absolute atomic E-state index is 0.0143. The fraction of sp³-hybridized carbons (Fsp3) is 0.348. The largest absolute Gasteiger partial charge is 0.477 e. The van der Waals surface area contributed by atoms with Gasteiger partial charge in [-0.2, -0.15) is 4.98 Å². The molecule has 1 saturated carbocycles. The van der Waals surface area contributed by atoms with Crippen LogP contribution in [-0.2, 0) is 19.2 Å². The van der Waals surface area contributed by atoms with Crippen molar-refractivity contribution in [1.82, 2.24) is 25.2 Å². The van der Waals surface area contributed by atoms with E-state index in [1.54, 1.807) is 11.5 Å². The third kappa shape index (κ3) is 6.22. The molecule has 2 fully saturated rings. The molecule has 14 nitrogen and oxygen atoms in total. The molecule has 4 heterocycles. The summed E-state index contributed by atoms with van der Waals surface area (Å²) in [4.78, 5) is 57.4. The number of β-lactam (4-membered cyclic amide) rings is 1. The van der Waals surface area contributed by atoms with E-state index >= 15 is 0 Å². The van der Waals surface area contributed by atoms with Gasteiger partial charge in [0.25, 0.3) is 11.8 Å². The normalized spacial score (nSPS) is 21.2. The molecule has 2 amide bonds. The van der Waals surface area contributed by atoms with Crippen molar-refractivity contribution in [2.45, 2.75) is 48.2 Å². The van der Waals surface area contributed by atoms with E-state index in [0.717, 1.165) is 41.9 Å². The molecule has 0 radical (unpaired) electrons. The number of aromatic nitrogens is 3. The molecule has 8 N–H and O–H groups in total. The van der Waals surface area contributed by atoms with Crippen LogP contribution in [0.2, 0.25) is 4.34 Å². The highest BCUT2D eigenvalue weighted by Gasteiger charge is 2.54. The molecule has 2 aliphatic heterocycles. The van der Waals surface area contributed by atoms with Gasteiger partial charge in [0.2, 0.25) is 5.95 Å². The number of carbonyl (C=O) groups is 3. The first-order valence-electron chi connectivity index (χ1n) is 12.2. The number of nitrogen functional groups attached to an aromatic ring is 3. The second-order valence-electron chi connectivity index (χ2n) is 9.08. The summed E-state index contributed by atoms with van der Waals surface area (Å²) in [5.74, 6) is -2.10. The fourth-order valence-corrected chi connectivity index (χ4v) is 7.42. The second kappa shape index (κ2) is 12.1. The smallest absolute Gasteiger partial charge is 0.352 e. The summed E-state index contributed by atoms with van der Waals surface area (Å²) in [5.41, 5.74) is 17.1. The second-order valence-corrected chi connectivity index (χ2v) is 12.7. The number of aliphatic carboxylic acids is 1. The molecule has 2 atom stereocenters. The number of carboxylic acid groups (broad SMARTS) is 1.